The summed E-state index contributed by atoms with van der Waals surface area (Å²) in [5.74, 6) is -0.810. The third kappa shape index (κ3) is 2.76. The number of ether oxygens (including phenoxy) is 1. The van der Waals surface area contributed by atoms with Crippen LogP contribution < -0.4 is 4.74 Å². The van der Waals surface area contributed by atoms with Gasteiger partial charge in [0, 0.05) is 31.3 Å². The van der Waals surface area contributed by atoms with Crippen LogP contribution in [0.4, 0.5) is 8.78 Å². The number of halogens is 2. The molecule has 3 saturated carbocycles. The lowest BCUT2D eigenvalue weighted by Gasteiger charge is -2.69. The highest BCUT2D eigenvalue weighted by atomic mass is 19.1. The van der Waals surface area contributed by atoms with Crippen molar-refractivity contribution in [3.05, 3.63) is 53.7 Å². The van der Waals surface area contributed by atoms with Crippen molar-refractivity contribution in [3.63, 3.8) is 0 Å². The van der Waals surface area contributed by atoms with Crippen molar-refractivity contribution in [3.8, 4) is 5.88 Å². The Morgan fingerprint density at radius 3 is 2.66 bits per heavy atom. The van der Waals surface area contributed by atoms with E-state index in [-0.39, 0.29) is 11.3 Å². The van der Waals surface area contributed by atoms with Crippen LogP contribution >= 0.6 is 0 Å². The molecule has 7 nitrogen and oxygen atoms in total. The fourth-order valence-electron chi connectivity index (χ4n) is 5.80. The Kier molecular flexibility index (Phi) is 3.97. The molecule has 3 aromatic rings. The largest absolute Gasteiger partial charge is 0.481 e. The summed E-state index contributed by atoms with van der Waals surface area (Å²) in [5, 5.41) is 10.2. The van der Waals surface area contributed by atoms with Crippen LogP contribution in [0.15, 0.2) is 41.6 Å². The lowest BCUT2D eigenvalue weighted by molar-refractivity contribution is -0.223. The average molecular weight is 437 g/mol. The van der Waals surface area contributed by atoms with Gasteiger partial charge < -0.3 is 4.74 Å². The molecule has 1 atom stereocenters. The molecule has 1 aromatic carbocycles. The molecule has 0 N–H and O–H groups in total. The average Bonchev–Trinajstić information content (AvgIpc) is 3.35. The minimum atomic E-state index is -0.651. The SMILES string of the molecule is COc1ccc2c(cnn2CC23CC(C(=O)N4N=CCC4c4cc(F)cc(F)c4)(C2)C3)n1. The van der Waals surface area contributed by atoms with E-state index in [1.54, 1.807) is 19.5 Å². The van der Waals surface area contributed by atoms with Crippen LogP contribution in [-0.2, 0) is 11.3 Å². The summed E-state index contributed by atoms with van der Waals surface area (Å²) in [5.41, 5.74) is 1.75. The molecular formula is C23H21F2N5O2. The zero-order valence-corrected chi connectivity index (χ0v) is 17.5. The monoisotopic (exact) mass is 437 g/mol. The Bertz CT molecular complexity index is 1250. The fourth-order valence-corrected chi connectivity index (χ4v) is 5.80. The summed E-state index contributed by atoms with van der Waals surface area (Å²) < 4.78 is 34.5. The second-order valence-corrected chi connectivity index (χ2v) is 9.27. The van der Waals surface area contributed by atoms with E-state index >= 15 is 0 Å². The van der Waals surface area contributed by atoms with Crippen molar-refractivity contribution in [1.82, 2.24) is 19.8 Å². The number of pyridine rings is 1. The third-order valence-electron chi connectivity index (χ3n) is 7.07. The number of hydrogen-bond donors (Lipinski definition) is 0. The number of carbonyl (C=O) groups is 1. The van der Waals surface area contributed by atoms with Crippen molar-refractivity contribution >= 4 is 23.2 Å². The van der Waals surface area contributed by atoms with Gasteiger partial charge in [-0.15, -0.1) is 0 Å². The Morgan fingerprint density at radius 2 is 1.94 bits per heavy atom. The molecule has 1 aliphatic heterocycles. The van der Waals surface area contributed by atoms with Crippen LogP contribution in [0.1, 0.15) is 37.3 Å². The quantitative estimate of drug-likeness (QED) is 0.608. The van der Waals surface area contributed by atoms with Gasteiger partial charge in [0.1, 0.15) is 17.2 Å². The molecule has 3 heterocycles. The second-order valence-electron chi connectivity index (χ2n) is 9.27. The fraction of sp³-hybridized carbons (Fsp3) is 0.391. The van der Waals surface area contributed by atoms with E-state index < -0.39 is 23.1 Å². The van der Waals surface area contributed by atoms with Crippen LogP contribution in [-0.4, -0.2) is 39.0 Å². The second kappa shape index (κ2) is 6.57. The van der Waals surface area contributed by atoms with Gasteiger partial charge in [0.05, 0.1) is 30.3 Å². The van der Waals surface area contributed by atoms with E-state index in [2.05, 4.69) is 15.2 Å². The number of amides is 1. The number of methoxy groups -OCH3 is 1. The van der Waals surface area contributed by atoms with Gasteiger partial charge in [0.2, 0.25) is 11.8 Å². The van der Waals surface area contributed by atoms with E-state index in [4.69, 9.17) is 4.74 Å². The number of hydrazone groups is 1. The highest BCUT2D eigenvalue weighted by Gasteiger charge is 2.72. The van der Waals surface area contributed by atoms with Gasteiger partial charge in [-0.1, -0.05) is 0 Å². The Hall–Kier alpha value is -3.36. The number of hydrogen-bond acceptors (Lipinski definition) is 5. The van der Waals surface area contributed by atoms with E-state index in [0.717, 1.165) is 42.9 Å². The van der Waals surface area contributed by atoms with Crippen LogP contribution in [0.3, 0.4) is 0 Å². The maximum Gasteiger partial charge on any atom is 0.249 e. The topological polar surface area (TPSA) is 72.6 Å². The zero-order valence-electron chi connectivity index (χ0n) is 17.5. The van der Waals surface area contributed by atoms with E-state index in [1.807, 2.05) is 16.8 Å². The smallest absolute Gasteiger partial charge is 0.249 e. The summed E-state index contributed by atoms with van der Waals surface area (Å²) in [6, 6.07) is 6.68. The summed E-state index contributed by atoms with van der Waals surface area (Å²) in [6.07, 6.45) is 6.11. The first kappa shape index (κ1) is 19.3. The predicted octanol–water partition coefficient (Wildman–Crippen LogP) is 3.85. The van der Waals surface area contributed by atoms with Crippen molar-refractivity contribution in [2.45, 2.75) is 38.3 Å². The molecule has 2 aromatic heterocycles. The minimum absolute atomic E-state index is 0.0401. The minimum Gasteiger partial charge on any atom is -0.481 e. The van der Waals surface area contributed by atoms with Crippen molar-refractivity contribution in [1.29, 1.82) is 0 Å². The highest BCUT2D eigenvalue weighted by molar-refractivity contribution is 5.88. The maximum absolute atomic E-state index is 13.7. The number of fused-ring (bicyclic) bond motifs is 1. The molecule has 9 heteroatoms. The highest BCUT2D eigenvalue weighted by Crippen LogP contribution is 2.74. The third-order valence-corrected chi connectivity index (χ3v) is 7.07. The van der Waals surface area contributed by atoms with Gasteiger partial charge in [-0.25, -0.2) is 18.8 Å². The number of benzene rings is 1. The first-order valence-corrected chi connectivity index (χ1v) is 10.6. The zero-order chi connectivity index (χ0) is 22.1. The molecule has 0 saturated heterocycles. The molecule has 7 rings (SSSR count). The first-order valence-electron chi connectivity index (χ1n) is 10.6. The van der Waals surface area contributed by atoms with Crippen LogP contribution in [0, 0.1) is 22.5 Å². The summed E-state index contributed by atoms with van der Waals surface area (Å²) in [7, 11) is 1.58. The molecule has 2 bridgehead atoms. The molecule has 3 aliphatic carbocycles. The molecule has 0 radical (unpaired) electrons. The molecule has 4 aliphatic rings. The molecule has 0 spiro atoms. The normalized spacial score (nSPS) is 28.0. The van der Waals surface area contributed by atoms with Gasteiger partial charge >= 0.3 is 0 Å². The summed E-state index contributed by atoms with van der Waals surface area (Å²) in [6.45, 7) is 0.724. The number of rotatable bonds is 5. The summed E-state index contributed by atoms with van der Waals surface area (Å²) in [4.78, 5) is 17.8. The number of nitrogens with zero attached hydrogens (tertiary/aromatic N) is 5. The summed E-state index contributed by atoms with van der Waals surface area (Å²) >= 11 is 0. The molecule has 32 heavy (non-hydrogen) atoms. The van der Waals surface area contributed by atoms with Crippen molar-refractivity contribution < 1.29 is 18.3 Å². The molecule has 1 amide bonds. The van der Waals surface area contributed by atoms with Gasteiger partial charge in [-0.05, 0) is 48.4 Å². The molecule has 164 valence electrons. The maximum atomic E-state index is 13.7. The van der Waals surface area contributed by atoms with E-state index in [1.165, 1.54) is 17.1 Å². The molecule has 3 fully saturated rings. The Balaban J connectivity index is 1.17. The Labute approximate surface area is 182 Å². The van der Waals surface area contributed by atoms with Gasteiger partial charge in [-0.3, -0.25) is 9.48 Å². The first-order chi connectivity index (χ1) is 15.4. The van der Waals surface area contributed by atoms with Crippen LogP contribution in [0.2, 0.25) is 0 Å². The van der Waals surface area contributed by atoms with Crippen molar-refractivity contribution in [2.24, 2.45) is 15.9 Å². The lowest BCUT2D eigenvalue weighted by atomic mass is 9.34. The van der Waals surface area contributed by atoms with Gasteiger partial charge in [0.25, 0.3) is 0 Å². The predicted molar refractivity (Wildman–Crippen MR) is 112 cm³/mol. The van der Waals surface area contributed by atoms with Gasteiger partial charge in [0.15, 0.2) is 0 Å². The van der Waals surface area contributed by atoms with Gasteiger partial charge in [-0.2, -0.15) is 10.2 Å². The standard InChI is InChI=1S/C23H21F2N5O2/c1-32-20-3-2-19-17(28-20)9-27-29(19)13-22-10-23(11-22,12-22)21(31)30-18(4-5-26-30)14-6-15(24)8-16(25)7-14/h2-3,5-9,18H,4,10-13H2,1H3. The van der Waals surface area contributed by atoms with Crippen LogP contribution in [0.25, 0.3) is 11.0 Å². The Morgan fingerprint density at radius 1 is 1.19 bits per heavy atom. The molecular weight excluding hydrogens is 416 g/mol. The van der Waals surface area contributed by atoms with Crippen LogP contribution in [0.5, 0.6) is 5.88 Å². The van der Waals surface area contributed by atoms with Crippen molar-refractivity contribution in [2.75, 3.05) is 7.11 Å². The molecule has 1 unspecified atom stereocenters. The number of aromatic nitrogens is 3. The van der Waals surface area contributed by atoms with E-state index in [0.29, 0.717) is 17.9 Å². The number of carbonyl (C=O) groups excluding carboxylic acids is 1. The lowest BCUT2D eigenvalue weighted by Crippen LogP contribution is -2.68. The van der Waals surface area contributed by atoms with E-state index in [9.17, 15) is 13.6 Å².